The predicted octanol–water partition coefficient (Wildman–Crippen LogP) is 4.05. The van der Waals surface area contributed by atoms with Gasteiger partial charge in [0, 0.05) is 10.7 Å². The Morgan fingerprint density at radius 2 is 1.52 bits per heavy atom. The molecule has 2 N–H and O–H groups in total. The molecule has 0 radical (unpaired) electrons. The minimum Gasteiger partial charge on any atom is -0.494 e. The number of nitrogens with one attached hydrogen (secondary N) is 2. The van der Waals surface area contributed by atoms with Crippen molar-refractivity contribution in [1.82, 2.24) is 5.43 Å². The lowest BCUT2D eigenvalue weighted by molar-refractivity contribution is -0.136. The molecule has 0 saturated heterocycles. The molecular weight excluding hydrogens is 446 g/mol. The van der Waals surface area contributed by atoms with Gasteiger partial charge >= 0.3 is 17.8 Å². The summed E-state index contributed by atoms with van der Waals surface area (Å²) in [5.74, 6) is -1.30. The standard InChI is InChI=1S/C24H20ClN3O5/c1-2-32-20-13-9-19(10-14-20)27-22(29)23(30)28-26-15-16-3-11-21(12-4-16)33-24(31)17-5-7-18(25)8-6-17/h3-15H,2H2,1H3,(H,27,29)(H,28,30). The van der Waals surface area contributed by atoms with E-state index in [4.69, 9.17) is 21.1 Å². The largest absolute Gasteiger partial charge is 0.494 e. The van der Waals surface area contributed by atoms with Crippen LogP contribution < -0.4 is 20.2 Å². The van der Waals surface area contributed by atoms with Crippen molar-refractivity contribution in [2.75, 3.05) is 11.9 Å². The number of amides is 2. The minimum atomic E-state index is -0.923. The number of rotatable bonds is 7. The van der Waals surface area contributed by atoms with Crippen LogP contribution in [0.5, 0.6) is 11.5 Å². The molecule has 3 rings (SSSR count). The number of ether oxygens (including phenoxy) is 2. The van der Waals surface area contributed by atoms with Crippen LogP contribution in [0.4, 0.5) is 5.69 Å². The van der Waals surface area contributed by atoms with E-state index < -0.39 is 17.8 Å². The lowest BCUT2D eigenvalue weighted by Crippen LogP contribution is -2.32. The summed E-state index contributed by atoms with van der Waals surface area (Å²) in [5.41, 5.74) is 3.59. The van der Waals surface area contributed by atoms with Crippen molar-refractivity contribution in [1.29, 1.82) is 0 Å². The summed E-state index contributed by atoms with van der Waals surface area (Å²) >= 11 is 5.81. The van der Waals surface area contributed by atoms with Crippen molar-refractivity contribution in [2.24, 2.45) is 5.10 Å². The number of nitrogens with zero attached hydrogens (tertiary/aromatic N) is 1. The molecule has 168 valence electrons. The Hall–Kier alpha value is -4.17. The molecule has 0 aromatic heterocycles. The van der Waals surface area contributed by atoms with Gasteiger partial charge in [0.15, 0.2) is 0 Å². The van der Waals surface area contributed by atoms with E-state index >= 15 is 0 Å². The van der Waals surface area contributed by atoms with Crippen molar-refractivity contribution in [2.45, 2.75) is 6.92 Å². The smallest absolute Gasteiger partial charge is 0.343 e. The van der Waals surface area contributed by atoms with Gasteiger partial charge in [-0.2, -0.15) is 5.10 Å². The average Bonchev–Trinajstić information content (AvgIpc) is 2.82. The average molecular weight is 466 g/mol. The highest BCUT2D eigenvalue weighted by molar-refractivity contribution is 6.39. The zero-order valence-electron chi connectivity index (χ0n) is 17.6. The van der Waals surface area contributed by atoms with E-state index in [-0.39, 0.29) is 0 Å². The van der Waals surface area contributed by atoms with Gasteiger partial charge in [0.25, 0.3) is 0 Å². The van der Waals surface area contributed by atoms with Crippen LogP contribution >= 0.6 is 11.6 Å². The van der Waals surface area contributed by atoms with E-state index in [9.17, 15) is 14.4 Å². The summed E-state index contributed by atoms with van der Waals surface area (Å²) in [4.78, 5) is 36.0. The summed E-state index contributed by atoms with van der Waals surface area (Å²) in [5, 5.41) is 6.75. The van der Waals surface area contributed by atoms with Crippen molar-refractivity contribution in [3.8, 4) is 11.5 Å². The van der Waals surface area contributed by atoms with E-state index in [1.807, 2.05) is 6.92 Å². The second kappa shape index (κ2) is 11.4. The van der Waals surface area contributed by atoms with Crippen molar-refractivity contribution in [3.63, 3.8) is 0 Å². The first-order valence-corrected chi connectivity index (χ1v) is 10.3. The van der Waals surface area contributed by atoms with Gasteiger partial charge in [-0.25, -0.2) is 10.2 Å². The fourth-order valence-electron chi connectivity index (χ4n) is 2.58. The molecule has 0 atom stereocenters. The highest BCUT2D eigenvalue weighted by Crippen LogP contribution is 2.16. The number of hydrazone groups is 1. The Balaban J connectivity index is 1.48. The van der Waals surface area contributed by atoms with E-state index in [1.165, 1.54) is 6.21 Å². The van der Waals surface area contributed by atoms with Crippen LogP contribution in [-0.4, -0.2) is 30.6 Å². The molecule has 0 unspecified atom stereocenters. The van der Waals surface area contributed by atoms with Crippen molar-refractivity contribution >= 4 is 41.3 Å². The van der Waals surface area contributed by atoms with E-state index in [0.29, 0.717) is 39.9 Å². The number of anilines is 1. The Labute approximate surface area is 195 Å². The Bertz CT molecular complexity index is 1140. The van der Waals surface area contributed by atoms with Gasteiger partial charge in [0.05, 0.1) is 18.4 Å². The highest BCUT2D eigenvalue weighted by Gasteiger charge is 2.13. The molecule has 0 spiro atoms. The third-order valence-electron chi connectivity index (χ3n) is 4.18. The van der Waals surface area contributed by atoms with E-state index in [1.54, 1.807) is 72.8 Å². The molecule has 9 heteroatoms. The van der Waals surface area contributed by atoms with E-state index in [0.717, 1.165) is 0 Å². The van der Waals surface area contributed by atoms with Gasteiger partial charge in [-0.15, -0.1) is 0 Å². The van der Waals surface area contributed by atoms with Gasteiger partial charge in [-0.3, -0.25) is 9.59 Å². The summed E-state index contributed by atoms with van der Waals surface area (Å²) in [6, 6.07) is 19.4. The quantitative estimate of drug-likeness (QED) is 0.180. The fraction of sp³-hybridized carbons (Fsp3) is 0.0833. The number of esters is 1. The molecule has 0 aliphatic rings. The molecular formula is C24H20ClN3O5. The summed E-state index contributed by atoms with van der Waals surface area (Å²) in [6.45, 7) is 2.40. The van der Waals surface area contributed by atoms with Crippen LogP contribution in [-0.2, 0) is 9.59 Å². The third kappa shape index (κ3) is 7.19. The normalized spacial score (nSPS) is 10.5. The predicted molar refractivity (Wildman–Crippen MR) is 125 cm³/mol. The van der Waals surface area contributed by atoms with Crippen LogP contribution in [0.25, 0.3) is 0 Å². The second-order valence-corrected chi connectivity index (χ2v) is 7.01. The van der Waals surface area contributed by atoms with Crippen LogP contribution in [0.3, 0.4) is 0 Å². The number of carbonyl (C=O) groups is 3. The van der Waals surface area contributed by atoms with E-state index in [2.05, 4.69) is 15.8 Å². The maximum atomic E-state index is 12.1. The fourth-order valence-corrected chi connectivity index (χ4v) is 2.71. The molecule has 0 aliphatic heterocycles. The van der Waals surface area contributed by atoms with Crippen LogP contribution in [0.1, 0.15) is 22.8 Å². The molecule has 0 heterocycles. The van der Waals surface area contributed by atoms with Crippen LogP contribution in [0, 0.1) is 0 Å². The van der Waals surface area contributed by atoms with Crippen LogP contribution in [0.2, 0.25) is 5.02 Å². The Kier molecular flexibility index (Phi) is 8.15. The number of halogens is 1. The number of hydrogen-bond donors (Lipinski definition) is 2. The topological polar surface area (TPSA) is 106 Å². The second-order valence-electron chi connectivity index (χ2n) is 6.58. The first kappa shape index (κ1) is 23.5. The van der Waals surface area contributed by atoms with Gasteiger partial charge in [0.1, 0.15) is 11.5 Å². The molecule has 0 aliphatic carbocycles. The monoisotopic (exact) mass is 465 g/mol. The SMILES string of the molecule is CCOc1ccc(NC(=O)C(=O)NN=Cc2ccc(OC(=O)c3ccc(Cl)cc3)cc2)cc1. The number of carbonyl (C=O) groups excluding carboxylic acids is 3. The molecule has 0 saturated carbocycles. The zero-order valence-corrected chi connectivity index (χ0v) is 18.3. The molecule has 8 nitrogen and oxygen atoms in total. The highest BCUT2D eigenvalue weighted by atomic mass is 35.5. The first-order valence-electron chi connectivity index (χ1n) is 9.89. The number of hydrogen-bond acceptors (Lipinski definition) is 6. The van der Waals surface area contributed by atoms with Crippen molar-refractivity contribution < 1.29 is 23.9 Å². The minimum absolute atomic E-state index is 0.339. The molecule has 3 aromatic carbocycles. The number of benzene rings is 3. The molecule has 3 aromatic rings. The van der Waals surface area contributed by atoms with Crippen LogP contribution in [0.15, 0.2) is 77.9 Å². The lowest BCUT2D eigenvalue weighted by Gasteiger charge is -2.06. The summed E-state index contributed by atoms with van der Waals surface area (Å²) in [7, 11) is 0. The lowest BCUT2D eigenvalue weighted by atomic mass is 10.2. The first-order chi connectivity index (χ1) is 15.9. The van der Waals surface area contributed by atoms with Gasteiger partial charge in [0.2, 0.25) is 0 Å². The van der Waals surface area contributed by atoms with Gasteiger partial charge < -0.3 is 14.8 Å². The molecule has 0 fully saturated rings. The maximum Gasteiger partial charge on any atom is 0.343 e. The van der Waals surface area contributed by atoms with Crippen molar-refractivity contribution in [3.05, 3.63) is 88.9 Å². The van der Waals surface area contributed by atoms with Gasteiger partial charge in [-0.1, -0.05) is 11.6 Å². The maximum absolute atomic E-state index is 12.1. The zero-order chi connectivity index (χ0) is 23.6. The summed E-state index contributed by atoms with van der Waals surface area (Å²) < 4.78 is 10.6. The third-order valence-corrected chi connectivity index (χ3v) is 4.43. The Morgan fingerprint density at radius 1 is 0.879 bits per heavy atom. The summed E-state index contributed by atoms with van der Waals surface area (Å²) in [6.07, 6.45) is 1.35. The Morgan fingerprint density at radius 3 is 2.15 bits per heavy atom. The van der Waals surface area contributed by atoms with Gasteiger partial charge in [-0.05, 0) is 85.3 Å². The molecule has 0 bridgehead atoms. The molecule has 2 amide bonds. The molecule has 33 heavy (non-hydrogen) atoms.